The van der Waals surface area contributed by atoms with Crippen molar-refractivity contribution in [2.24, 2.45) is 0 Å². The average Bonchev–Trinajstić information content (AvgIpc) is 2.80. The molecule has 0 saturated heterocycles. The summed E-state index contributed by atoms with van der Waals surface area (Å²) in [6, 6.07) is 2.33. The van der Waals surface area contributed by atoms with Crippen LogP contribution in [0.25, 0.3) is 0 Å². The van der Waals surface area contributed by atoms with Crippen molar-refractivity contribution < 1.29 is 13.6 Å². The molecule has 106 valence electrons. The molecule has 1 aromatic heterocycles. The minimum Gasteiger partial charge on any atom is -0.444 e. The van der Waals surface area contributed by atoms with Gasteiger partial charge in [0.15, 0.2) is 0 Å². The van der Waals surface area contributed by atoms with Gasteiger partial charge in [-0.2, -0.15) is 0 Å². The molecule has 0 aliphatic carbocycles. The Labute approximate surface area is 116 Å². The number of nitrogens with zero attached hydrogens (tertiary/aromatic N) is 1. The molecule has 20 heavy (non-hydrogen) atoms. The number of nitrogens with two attached hydrogens (primary N) is 1. The molecule has 1 aromatic carbocycles. The highest BCUT2D eigenvalue weighted by molar-refractivity contribution is 5.95. The molecule has 1 heterocycles. The number of nitrogens with one attached hydrogen (secondary N) is 1. The molecule has 3 N–H and O–H groups in total. The van der Waals surface area contributed by atoms with Crippen LogP contribution >= 0.6 is 0 Å². The summed E-state index contributed by atoms with van der Waals surface area (Å²) in [6.45, 7) is 5.02. The second-order valence-electron chi connectivity index (χ2n) is 4.70. The zero-order chi connectivity index (χ0) is 14.9. The van der Waals surface area contributed by atoms with Gasteiger partial charge in [0.1, 0.15) is 17.6 Å². The van der Waals surface area contributed by atoms with Crippen molar-refractivity contribution in [1.29, 1.82) is 0 Å². The largest absolute Gasteiger partial charge is 0.444 e. The second-order valence-corrected chi connectivity index (χ2v) is 4.70. The van der Waals surface area contributed by atoms with Crippen LogP contribution < -0.4 is 11.1 Å². The first-order valence-electron chi connectivity index (χ1n) is 6.17. The van der Waals surface area contributed by atoms with Crippen molar-refractivity contribution >= 4 is 11.6 Å². The normalized spacial score (nSPS) is 12.2. The van der Waals surface area contributed by atoms with E-state index in [0.29, 0.717) is 22.9 Å². The summed E-state index contributed by atoms with van der Waals surface area (Å²) in [4.78, 5) is 16.1. The summed E-state index contributed by atoms with van der Waals surface area (Å²) in [7, 11) is 0. The highest BCUT2D eigenvalue weighted by atomic mass is 19.1. The molecule has 5 nitrogen and oxygen atoms in total. The van der Waals surface area contributed by atoms with E-state index in [1.54, 1.807) is 27.0 Å². The molecule has 2 aromatic rings. The monoisotopic (exact) mass is 277 g/mol. The van der Waals surface area contributed by atoms with Crippen LogP contribution in [-0.2, 0) is 0 Å². The molecule has 1 unspecified atom stereocenters. The summed E-state index contributed by atoms with van der Waals surface area (Å²) >= 11 is 0. The number of oxazole rings is 1. The minimum absolute atomic E-state index is 0.0855. The number of anilines is 1. The molecule has 0 radical (unpaired) electrons. The number of aromatic nitrogens is 1. The minimum atomic E-state index is -0.576. The molecule has 0 saturated carbocycles. The first-order chi connectivity index (χ1) is 9.38. The average molecular weight is 277 g/mol. The summed E-state index contributed by atoms with van der Waals surface area (Å²) in [5, 5.41) is 2.63. The van der Waals surface area contributed by atoms with E-state index in [4.69, 9.17) is 10.2 Å². The zero-order valence-electron chi connectivity index (χ0n) is 11.5. The van der Waals surface area contributed by atoms with Gasteiger partial charge >= 0.3 is 0 Å². The predicted molar refractivity (Wildman–Crippen MR) is 72.7 cm³/mol. The Morgan fingerprint density at radius 2 is 2.15 bits per heavy atom. The van der Waals surface area contributed by atoms with Crippen molar-refractivity contribution in [3.8, 4) is 0 Å². The van der Waals surface area contributed by atoms with E-state index in [2.05, 4.69) is 10.3 Å². The van der Waals surface area contributed by atoms with E-state index >= 15 is 0 Å². The fourth-order valence-corrected chi connectivity index (χ4v) is 1.87. The van der Waals surface area contributed by atoms with E-state index in [-0.39, 0.29) is 5.56 Å². The molecule has 6 heteroatoms. The standard InChI is InChI=1S/C14H16FN3O2/c1-7-4-10(16)5-11(12(7)15)13(19)18-9(3)14-17-6-8(2)20-14/h4-6,9H,16H2,1-3H3,(H,18,19). The lowest BCUT2D eigenvalue weighted by Gasteiger charge is -2.12. The first kappa shape index (κ1) is 14.0. The lowest BCUT2D eigenvalue weighted by molar-refractivity contribution is 0.0929. The number of carbonyl (C=O) groups excluding carboxylic acids is 1. The van der Waals surface area contributed by atoms with Gasteiger partial charge in [0.25, 0.3) is 5.91 Å². The molecule has 0 aliphatic rings. The van der Waals surface area contributed by atoms with Gasteiger partial charge in [-0.05, 0) is 38.5 Å². The van der Waals surface area contributed by atoms with Crippen LogP contribution in [0.2, 0.25) is 0 Å². The number of hydrogen-bond donors (Lipinski definition) is 2. The highest BCUT2D eigenvalue weighted by Crippen LogP contribution is 2.19. The van der Waals surface area contributed by atoms with Gasteiger partial charge in [0.2, 0.25) is 5.89 Å². The van der Waals surface area contributed by atoms with Gasteiger partial charge in [0.05, 0.1) is 11.8 Å². The number of hydrogen-bond acceptors (Lipinski definition) is 4. The Morgan fingerprint density at radius 3 is 2.75 bits per heavy atom. The van der Waals surface area contributed by atoms with Crippen LogP contribution in [0.5, 0.6) is 0 Å². The predicted octanol–water partition coefficient (Wildman–Crippen LogP) is 2.50. The van der Waals surface area contributed by atoms with Crippen molar-refractivity contribution in [3.05, 3.63) is 46.9 Å². The van der Waals surface area contributed by atoms with Crippen LogP contribution in [-0.4, -0.2) is 10.9 Å². The number of benzene rings is 1. The van der Waals surface area contributed by atoms with Gasteiger partial charge in [-0.25, -0.2) is 9.37 Å². The molecule has 0 aliphatic heterocycles. The van der Waals surface area contributed by atoms with Gasteiger partial charge in [0, 0.05) is 5.69 Å². The fourth-order valence-electron chi connectivity index (χ4n) is 1.87. The van der Waals surface area contributed by atoms with Crippen LogP contribution in [0.15, 0.2) is 22.7 Å². The van der Waals surface area contributed by atoms with Gasteiger partial charge in [-0.1, -0.05) is 0 Å². The Balaban J connectivity index is 2.20. The van der Waals surface area contributed by atoms with Gasteiger partial charge < -0.3 is 15.5 Å². The van der Waals surface area contributed by atoms with Crippen molar-refractivity contribution in [2.45, 2.75) is 26.8 Å². The number of carbonyl (C=O) groups is 1. The van der Waals surface area contributed by atoms with E-state index < -0.39 is 17.8 Å². The summed E-state index contributed by atoms with van der Waals surface area (Å²) in [6.07, 6.45) is 1.56. The maximum atomic E-state index is 13.9. The Kier molecular flexibility index (Phi) is 3.74. The Morgan fingerprint density at radius 1 is 1.45 bits per heavy atom. The Hall–Kier alpha value is -2.37. The third kappa shape index (κ3) is 2.79. The quantitative estimate of drug-likeness (QED) is 0.845. The van der Waals surface area contributed by atoms with Gasteiger partial charge in [-0.15, -0.1) is 0 Å². The van der Waals surface area contributed by atoms with Crippen molar-refractivity contribution in [2.75, 3.05) is 5.73 Å². The topological polar surface area (TPSA) is 81.2 Å². The SMILES string of the molecule is Cc1cnc(C(C)NC(=O)c2cc(N)cc(C)c2F)o1. The van der Waals surface area contributed by atoms with Crippen molar-refractivity contribution in [3.63, 3.8) is 0 Å². The lowest BCUT2D eigenvalue weighted by Crippen LogP contribution is -2.28. The summed E-state index contributed by atoms with van der Waals surface area (Å²) in [5.74, 6) is -0.113. The molecule has 0 bridgehead atoms. The number of halogens is 1. The number of amides is 1. The number of aryl methyl sites for hydroxylation is 2. The first-order valence-corrected chi connectivity index (χ1v) is 6.17. The third-order valence-corrected chi connectivity index (χ3v) is 2.88. The van der Waals surface area contributed by atoms with Gasteiger partial charge in [-0.3, -0.25) is 4.79 Å². The van der Waals surface area contributed by atoms with Crippen LogP contribution in [0.3, 0.4) is 0 Å². The fraction of sp³-hybridized carbons (Fsp3) is 0.286. The van der Waals surface area contributed by atoms with Crippen LogP contribution in [0, 0.1) is 19.7 Å². The second kappa shape index (κ2) is 5.32. The van der Waals surface area contributed by atoms with E-state index in [1.165, 1.54) is 12.1 Å². The van der Waals surface area contributed by atoms with E-state index in [0.717, 1.165) is 0 Å². The smallest absolute Gasteiger partial charge is 0.254 e. The lowest BCUT2D eigenvalue weighted by atomic mass is 10.1. The third-order valence-electron chi connectivity index (χ3n) is 2.88. The molecule has 0 spiro atoms. The molecular weight excluding hydrogens is 261 g/mol. The Bertz CT molecular complexity index is 652. The molecular formula is C14H16FN3O2. The maximum absolute atomic E-state index is 13.9. The molecule has 2 rings (SSSR count). The summed E-state index contributed by atoms with van der Waals surface area (Å²) < 4.78 is 19.2. The number of rotatable bonds is 3. The van der Waals surface area contributed by atoms with Crippen LogP contribution in [0.4, 0.5) is 10.1 Å². The zero-order valence-corrected chi connectivity index (χ0v) is 11.5. The molecule has 1 amide bonds. The van der Waals surface area contributed by atoms with E-state index in [9.17, 15) is 9.18 Å². The maximum Gasteiger partial charge on any atom is 0.254 e. The van der Waals surface area contributed by atoms with Crippen LogP contribution in [0.1, 0.15) is 40.5 Å². The van der Waals surface area contributed by atoms with E-state index in [1.807, 2.05) is 0 Å². The molecule has 0 fully saturated rings. The highest BCUT2D eigenvalue weighted by Gasteiger charge is 2.19. The summed E-state index contributed by atoms with van der Waals surface area (Å²) in [5.41, 5.74) is 6.22. The molecule has 1 atom stereocenters. The number of nitrogen functional groups attached to an aromatic ring is 1. The van der Waals surface area contributed by atoms with Crippen molar-refractivity contribution in [1.82, 2.24) is 10.3 Å².